The van der Waals surface area contributed by atoms with Gasteiger partial charge >= 0.3 is 0 Å². The van der Waals surface area contributed by atoms with E-state index in [0.29, 0.717) is 25.4 Å². The molecule has 2 heterocycles. The molecule has 2 aromatic carbocycles. The molecule has 1 fully saturated rings. The van der Waals surface area contributed by atoms with Gasteiger partial charge in [0, 0.05) is 32.2 Å². The van der Waals surface area contributed by atoms with Crippen molar-refractivity contribution < 1.29 is 13.2 Å². The Morgan fingerprint density at radius 3 is 2.59 bits per heavy atom. The first-order chi connectivity index (χ1) is 13.1. The molecule has 144 valence electrons. The van der Waals surface area contributed by atoms with E-state index in [2.05, 4.69) is 29.2 Å². The third kappa shape index (κ3) is 3.61. The molecule has 0 radical (unpaired) electrons. The van der Waals surface area contributed by atoms with Crippen molar-refractivity contribution in [3.63, 3.8) is 0 Å². The van der Waals surface area contributed by atoms with Crippen molar-refractivity contribution in [3.05, 3.63) is 59.7 Å². The van der Waals surface area contributed by atoms with Gasteiger partial charge in [-0.05, 0) is 43.0 Å². The van der Waals surface area contributed by atoms with Crippen LogP contribution in [0.2, 0.25) is 0 Å². The molecule has 6 heteroatoms. The second kappa shape index (κ2) is 7.62. The Labute approximate surface area is 161 Å². The highest BCUT2D eigenvalue weighted by Gasteiger charge is 2.37. The fourth-order valence-corrected chi connectivity index (χ4v) is 5.76. The van der Waals surface area contributed by atoms with Crippen LogP contribution in [0.4, 0.5) is 0 Å². The lowest BCUT2D eigenvalue weighted by Gasteiger charge is -2.33. The zero-order chi connectivity index (χ0) is 18.9. The van der Waals surface area contributed by atoms with Crippen molar-refractivity contribution in [2.75, 3.05) is 26.2 Å². The van der Waals surface area contributed by atoms with Gasteiger partial charge in [0.05, 0.1) is 6.61 Å². The van der Waals surface area contributed by atoms with E-state index in [1.807, 2.05) is 13.0 Å². The zero-order valence-corrected chi connectivity index (χ0v) is 16.5. The average Bonchev–Trinajstić information content (AvgIpc) is 3.19. The van der Waals surface area contributed by atoms with E-state index < -0.39 is 10.0 Å². The second-order valence-corrected chi connectivity index (χ2v) is 9.08. The number of fused-ring (bicyclic) bond motifs is 1. The Kier molecular flexibility index (Phi) is 5.21. The van der Waals surface area contributed by atoms with E-state index in [0.717, 1.165) is 25.9 Å². The molecule has 4 rings (SSSR count). The third-order valence-electron chi connectivity index (χ3n) is 5.57. The van der Waals surface area contributed by atoms with Crippen LogP contribution in [0.1, 0.15) is 24.5 Å². The smallest absolute Gasteiger partial charge is 0.246 e. The van der Waals surface area contributed by atoms with Gasteiger partial charge in [-0.15, -0.1) is 0 Å². The number of para-hydroxylation sites is 1. The lowest BCUT2D eigenvalue weighted by Crippen LogP contribution is -2.41. The highest BCUT2D eigenvalue weighted by molar-refractivity contribution is 7.89. The maximum Gasteiger partial charge on any atom is 0.246 e. The summed E-state index contributed by atoms with van der Waals surface area (Å²) in [6, 6.07) is 15.8. The number of ether oxygens (including phenoxy) is 1. The average molecular weight is 387 g/mol. The van der Waals surface area contributed by atoms with Crippen LogP contribution in [-0.4, -0.2) is 49.9 Å². The Hall–Kier alpha value is -1.89. The van der Waals surface area contributed by atoms with Gasteiger partial charge in [0.1, 0.15) is 10.6 Å². The zero-order valence-electron chi connectivity index (χ0n) is 15.7. The summed E-state index contributed by atoms with van der Waals surface area (Å²) in [4.78, 5) is 2.71. The molecule has 0 bridgehead atoms. The molecule has 0 spiro atoms. The lowest BCUT2D eigenvalue weighted by atomic mass is 9.98. The first kappa shape index (κ1) is 18.5. The lowest BCUT2D eigenvalue weighted by molar-refractivity contribution is 0.185. The molecule has 2 aliphatic rings. The van der Waals surface area contributed by atoms with Gasteiger partial charge in [0.25, 0.3) is 0 Å². The monoisotopic (exact) mass is 386 g/mol. The molecule has 0 N–H and O–H groups in total. The van der Waals surface area contributed by atoms with E-state index in [9.17, 15) is 8.42 Å². The summed E-state index contributed by atoms with van der Waals surface area (Å²) in [5, 5.41) is 0. The van der Waals surface area contributed by atoms with E-state index in [1.54, 1.807) is 22.5 Å². The fourth-order valence-electron chi connectivity index (χ4n) is 4.13. The van der Waals surface area contributed by atoms with Gasteiger partial charge < -0.3 is 4.74 Å². The Morgan fingerprint density at radius 2 is 1.78 bits per heavy atom. The molecule has 0 aromatic heterocycles. The van der Waals surface area contributed by atoms with E-state index in [4.69, 9.17) is 4.74 Å². The molecule has 0 amide bonds. The van der Waals surface area contributed by atoms with Crippen LogP contribution in [-0.2, 0) is 23.0 Å². The summed E-state index contributed by atoms with van der Waals surface area (Å²) in [5.41, 5.74) is 2.79. The van der Waals surface area contributed by atoms with E-state index in [1.165, 1.54) is 11.1 Å². The summed E-state index contributed by atoms with van der Waals surface area (Å²) in [6.45, 7) is 5.32. The van der Waals surface area contributed by atoms with Crippen molar-refractivity contribution >= 4 is 10.0 Å². The Morgan fingerprint density at radius 1 is 1.04 bits per heavy atom. The largest absolute Gasteiger partial charge is 0.492 e. The minimum absolute atomic E-state index is 0.271. The second-order valence-electron chi connectivity index (χ2n) is 7.17. The summed E-state index contributed by atoms with van der Waals surface area (Å²) in [5.74, 6) is 0.440. The topological polar surface area (TPSA) is 49.9 Å². The van der Waals surface area contributed by atoms with Gasteiger partial charge in [-0.1, -0.05) is 36.4 Å². The highest BCUT2D eigenvalue weighted by atomic mass is 32.2. The molecule has 1 saturated heterocycles. The van der Waals surface area contributed by atoms with Crippen molar-refractivity contribution in [1.82, 2.24) is 9.21 Å². The molecule has 1 unspecified atom stereocenters. The van der Waals surface area contributed by atoms with Gasteiger partial charge in [-0.25, -0.2) is 8.42 Å². The quantitative estimate of drug-likeness (QED) is 0.793. The number of nitrogens with zero attached hydrogens (tertiary/aromatic N) is 2. The summed E-state index contributed by atoms with van der Waals surface area (Å²) < 4.78 is 33.5. The van der Waals surface area contributed by atoms with Gasteiger partial charge in [0.2, 0.25) is 10.0 Å². The summed E-state index contributed by atoms with van der Waals surface area (Å²) in [6.07, 6.45) is 1.91. The van der Waals surface area contributed by atoms with Crippen molar-refractivity contribution in [2.24, 2.45) is 0 Å². The predicted molar refractivity (Wildman–Crippen MR) is 105 cm³/mol. The van der Waals surface area contributed by atoms with Crippen molar-refractivity contribution in [1.29, 1.82) is 0 Å². The third-order valence-corrected chi connectivity index (χ3v) is 7.47. The minimum Gasteiger partial charge on any atom is -0.492 e. The fraction of sp³-hybridized carbons (Fsp3) is 0.429. The molecule has 2 aromatic rings. The summed E-state index contributed by atoms with van der Waals surface area (Å²) >= 11 is 0. The Bertz CT molecular complexity index is 913. The van der Waals surface area contributed by atoms with Crippen molar-refractivity contribution in [3.8, 4) is 5.75 Å². The Balaban J connectivity index is 1.50. The van der Waals surface area contributed by atoms with Gasteiger partial charge in [0.15, 0.2) is 0 Å². The highest BCUT2D eigenvalue weighted by Crippen LogP contribution is 2.31. The van der Waals surface area contributed by atoms with Crippen LogP contribution < -0.4 is 4.74 Å². The molecule has 0 aliphatic carbocycles. The summed E-state index contributed by atoms with van der Waals surface area (Å²) in [7, 11) is -3.54. The first-order valence-corrected chi connectivity index (χ1v) is 11.1. The van der Waals surface area contributed by atoms with Gasteiger partial charge in [-0.3, -0.25) is 4.90 Å². The predicted octanol–water partition coefficient (Wildman–Crippen LogP) is 2.91. The molecule has 2 aliphatic heterocycles. The number of benzene rings is 2. The van der Waals surface area contributed by atoms with Crippen LogP contribution in [0.3, 0.4) is 0 Å². The molecule has 0 saturated carbocycles. The SMILES string of the molecule is CCOc1ccccc1S(=O)(=O)N1CCC(N2CCc3ccccc3C2)C1. The number of hydrogen-bond acceptors (Lipinski definition) is 4. The molecule has 27 heavy (non-hydrogen) atoms. The van der Waals surface area contributed by atoms with Crippen LogP contribution in [0.25, 0.3) is 0 Å². The normalized spacial score (nSPS) is 21.1. The van der Waals surface area contributed by atoms with Crippen LogP contribution >= 0.6 is 0 Å². The van der Waals surface area contributed by atoms with Crippen LogP contribution in [0, 0.1) is 0 Å². The van der Waals surface area contributed by atoms with Crippen LogP contribution in [0.5, 0.6) is 5.75 Å². The van der Waals surface area contributed by atoms with Crippen molar-refractivity contribution in [2.45, 2.75) is 37.2 Å². The minimum atomic E-state index is -3.54. The van der Waals surface area contributed by atoms with Gasteiger partial charge in [-0.2, -0.15) is 4.31 Å². The first-order valence-electron chi connectivity index (χ1n) is 9.62. The number of hydrogen-bond donors (Lipinski definition) is 0. The van der Waals surface area contributed by atoms with Crippen LogP contribution in [0.15, 0.2) is 53.4 Å². The standard InChI is InChI=1S/C21H26N2O3S/c1-2-26-20-9-5-6-10-21(20)27(24,25)23-14-12-19(16-23)22-13-11-17-7-3-4-8-18(17)15-22/h3-10,19H,2,11-16H2,1H3. The molecular formula is C21H26N2O3S. The number of rotatable bonds is 5. The maximum absolute atomic E-state index is 13.2. The number of sulfonamides is 1. The van der Waals surface area contributed by atoms with E-state index in [-0.39, 0.29) is 10.9 Å². The molecule has 5 nitrogen and oxygen atoms in total. The van der Waals surface area contributed by atoms with E-state index >= 15 is 0 Å². The maximum atomic E-state index is 13.2. The molecule has 1 atom stereocenters. The molecular weight excluding hydrogens is 360 g/mol.